The molecule has 1 atom stereocenters. The first-order valence-electron chi connectivity index (χ1n) is 9.31. The van der Waals surface area contributed by atoms with E-state index in [1.54, 1.807) is 0 Å². The van der Waals surface area contributed by atoms with Gasteiger partial charge in [0.1, 0.15) is 5.56 Å². The highest BCUT2D eigenvalue weighted by atomic mass is 79.9. The van der Waals surface area contributed by atoms with Crippen LogP contribution in [0.2, 0.25) is 0 Å². The summed E-state index contributed by atoms with van der Waals surface area (Å²) in [6.45, 7) is 0.826. The number of aromatic nitrogens is 3. The zero-order valence-electron chi connectivity index (χ0n) is 15.3. The van der Waals surface area contributed by atoms with Gasteiger partial charge < -0.3 is 15.4 Å². The fourth-order valence-corrected chi connectivity index (χ4v) is 4.73. The average molecular weight is 470 g/mol. The van der Waals surface area contributed by atoms with Crippen LogP contribution in [0.4, 0.5) is 0 Å². The highest BCUT2D eigenvalue weighted by Gasteiger charge is 2.34. The van der Waals surface area contributed by atoms with Crippen molar-refractivity contribution in [2.75, 3.05) is 6.54 Å². The standard InChI is InChI=1S/C21H17BrN4O2S/c22-11-5-7-12(8-6-11)26-20(28)16(19(27)25-21(26)29)18-17-14(9-10-23-18)13-3-1-2-4-15(13)24-17/h1-8,18,23-24,28H,9-10H2,(H,25,27,29)/p+1/t18-/m1/s1. The SMILES string of the molecule is O=c1[nH]c(=S)n(-c2ccc(Br)cc2)c(O)c1[C@H]1[NH2+]CCc2c1[nH]c1ccccc21. The van der Waals surface area contributed by atoms with E-state index in [9.17, 15) is 9.90 Å². The Bertz CT molecular complexity index is 1350. The summed E-state index contributed by atoms with van der Waals surface area (Å²) in [4.78, 5) is 19.1. The Morgan fingerprint density at radius 2 is 1.90 bits per heavy atom. The number of para-hydroxylation sites is 1. The van der Waals surface area contributed by atoms with E-state index in [0.717, 1.165) is 34.0 Å². The number of fused-ring (bicyclic) bond motifs is 3. The topological polar surface area (TPSA) is 90.4 Å². The number of benzene rings is 2. The third kappa shape index (κ3) is 2.95. The van der Waals surface area contributed by atoms with E-state index in [2.05, 4.69) is 37.3 Å². The minimum atomic E-state index is -0.367. The number of nitrogens with one attached hydrogen (secondary N) is 2. The molecule has 6 nitrogen and oxygen atoms in total. The second-order valence-corrected chi connectivity index (χ2v) is 8.43. The quantitative estimate of drug-likeness (QED) is 0.340. The minimum absolute atomic E-state index is 0.131. The molecular formula is C21H18BrN4O2S+. The van der Waals surface area contributed by atoms with Crippen molar-refractivity contribution in [3.63, 3.8) is 0 Å². The van der Waals surface area contributed by atoms with E-state index < -0.39 is 0 Å². The molecule has 0 amide bonds. The Labute approximate surface area is 179 Å². The van der Waals surface area contributed by atoms with E-state index in [1.165, 1.54) is 10.1 Å². The van der Waals surface area contributed by atoms with Crippen LogP contribution in [-0.2, 0) is 6.42 Å². The fourth-order valence-electron chi connectivity index (χ4n) is 4.18. The predicted molar refractivity (Wildman–Crippen MR) is 117 cm³/mol. The molecule has 3 heterocycles. The summed E-state index contributed by atoms with van der Waals surface area (Å²) in [6, 6.07) is 15.2. The van der Waals surface area contributed by atoms with E-state index in [4.69, 9.17) is 12.2 Å². The van der Waals surface area contributed by atoms with Gasteiger partial charge in [-0.1, -0.05) is 34.1 Å². The van der Waals surface area contributed by atoms with Crippen LogP contribution in [0, 0.1) is 4.77 Å². The molecule has 0 radical (unpaired) electrons. The molecule has 0 spiro atoms. The van der Waals surface area contributed by atoms with Crippen LogP contribution in [0.1, 0.15) is 22.9 Å². The van der Waals surface area contributed by atoms with Gasteiger partial charge in [0, 0.05) is 21.8 Å². The highest BCUT2D eigenvalue weighted by molar-refractivity contribution is 9.10. The van der Waals surface area contributed by atoms with Crippen molar-refractivity contribution in [2.24, 2.45) is 0 Å². The van der Waals surface area contributed by atoms with Gasteiger partial charge >= 0.3 is 0 Å². The molecule has 8 heteroatoms. The Morgan fingerprint density at radius 1 is 1.14 bits per heavy atom. The van der Waals surface area contributed by atoms with E-state index in [1.807, 2.05) is 42.5 Å². The number of hydrogen-bond acceptors (Lipinski definition) is 3. The largest absolute Gasteiger partial charge is 0.494 e. The number of aromatic amines is 2. The number of hydrogen-bond donors (Lipinski definition) is 4. The average Bonchev–Trinajstić information content (AvgIpc) is 3.09. The van der Waals surface area contributed by atoms with Gasteiger partial charge in [-0.3, -0.25) is 14.3 Å². The number of halogens is 1. The predicted octanol–water partition coefficient (Wildman–Crippen LogP) is 3.05. The van der Waals surface area contributed by atoms with Crippen LogP contribution in [0.3, 0.4) is 0 Å². The molecule has 5 N–H and O–H groups in total. The van der Waals surface area contributed by atoms with Crippen molar-refractivity contribution in [1.82, 2.24) is 14.5 Å². The summed E-state index contributed by atoms with van der Waals surface area (Å²) in [5.74, 6) is -0.131. The van der Waals surface area contributed by atoms with Crippen LogP contribution in [0.5, 0.6) is 5.88 Å². The first kappa shape index (κ1) is 18.4. The molecule has 2 aromatic heterocycles. The number of rotatable bonds is 2. The second-order valence-electron chi connectivity index (χ2n) is 7.12. The third-order valence-corrected chi connectivity index (χ3v) is 6.28. The molecule has 4 aromatic rings. The van der Waals surface area contributed by atoms with E-state index >= 15 is 0 Å². The molecule has 5 rings (SSSR count). The second kappa shape index (κ2) is 6.98. The van der Waals surface area contributed by atoms with Gasteiger partial charge in [-0.05, 0) is 48.1 Å². The summed E-state index contributed by atoms with van der Waals surface area (Å²) in [5, 5.41) is 14.4. The number of H-pyrrole nitrogens is 2. The molecule has 0 fully saturated rings. The van der Waals surface area contributed by atoms with Crippen LogP contribution in [-0.4, -0.2) is 26.2 Å². The summed E-state index contributed by atoms with van der Waals surface area (Å²) in [7, 11) is 0. The molecule has 0 saturated heterocycles. The maximum absolute atomic E-state index is 12.9. The smallest absolute Gasteiger partial charge is 0.265 e. The Kier molecular flexibility index (Phi) is 4.42. The molecule has 0 bridgehead atoms. The van der Waals surface area contributed by atoms with Crippen LogP contribution >= 0.6 is 28.1 Å². The normalized spacial score (nSPS) is 16.1. The van der Waals surface area contributed by atoms with Gasteiger partial charge in [-0.25, -0.2) is 0 Å². The third-order valence-electron chi connectivity index (χ3n) is 5.47. The number of nitrogens with zero attached hydrogens (tertiary/aromatic N) is 1. The summed E-state index contributed by atoms with van der Waals surface area (Å²) >= 11 is 8.76. The van der Waals surface area contributed by atoms with Gasteiger partial charge in [-0.15, -0.1) is 0 Å². The molecule has 0 unspecified atom stereocenters. The summed E-state index contributed by atoms with van der Waals surface area (Å²) in [6.07, 6.45) is 0.903. The molecule has 29 heavy (non-hydrogen) atoms. The van der Waals surface area contributed by atoms with Crippen molar-refractivity contribution < 1.29 is 10.4 Å². The van der Waals surface area contributed by atoms with Crippen molar-refractivity contribution in [1.29, 1.82) is 0 Å². The number of aromatic hydroxyl groups is 1. The van der Waals surface area contributed by atoms with Crippen LogP contribution < -0.4 is 10.9 Å². The Morgan fingerprint density at radius 3 is 2.69 bits per heavy atom. The maximum atomic E-state index is 12.9. The first-order valence-corrected chi connectivity index (χ1v) is 10.5. The first-order chi connectivity index (χ1) is 14.0. The Balaban J connectivity index is 1.74. The lowest BCUT2D eigenvalue weighted by Crippen LogP contribution is -2.87. The zero-order valence-corrected chi connectivity index (χ0v) is 17.7. The molecule has 0 aliphatic carbocycles. The monoisotopic (exact) mass is 469 g/mol. The number of quaternary nitrogens is 1. The summed E-state index contributed by atoms with van der Waals surface area (Å²) in [5.41, 5.74) is 3.81. The molecule has 0 saturated carbocycles. The molecule has 2 aromatic carbocycles. The molecule has 146 valence electrons. The van der Waals surface area contributed by atoms with Crippen LogP contribution in [0.15, 0.2) is 57.8 Å². The van der Waals surface area contributed by atoms with Crippen LogP contribution in [0.25, 0.3) is 16.6 Å². The summed E-state index contributed by atoms with van der Waals surface area (Å²) < 4.78 is 2.58. The van der Waals surface area contributed by atoms with Gasteiger partial charge in [0.15, 0.2) is 10.8 Å². The lowest BCUT2D eigenvalue weighted by Gasteiger charge is -2.22. The van der Waals surface area contributed by atoms with Crippen molar-refractivity contribution in [3.05, 3.63) is 84.9 Å². The molecular weight excluding hydrogens is 452 g/mol. The maximum Gasteiger partial charge on any atom is 0.265 e. The minimum Gasteiger partial charge on any atom is -0.494 e. The molecule has 1 aliphatic heterocycles. The van der Waals surface area contributed by atoms with E-state index in [0.29, 0.717) is 11.3 Å². The zero-order chi connectivity index (χ0) is 20.1. The van der Waals surface area contributed by atoms with E-state index in [-0.39, 0.29) is 22.3 Å². The number of nitrogens with two attached hydrogens (primary N) is 1. The van der Waals surface area contributed by atoms with Crippen molar-refractivity contribution in [3.8, 4) is 11.6 Å². The van der Waals surface area contributed by atoms with Crippen molar-refractivity contribution in [2.45, 2.75) is 12.5 Å². The molecule has 1 aliphatic rings. The van der Waals surface area contributed by atoms with Gasteiger partial charge in [0.05, 0.1) is 17.9 Å². The van der Waals surface area contributed by atoms with Gasteiger partial charge in [0.25, 0.3) is 5.56 Å². The lowest BCUT2D eigenvalue weighted by molar-refractivity contribution is -0.690. The van der Waals surface area contributed by atoms with Gasteiger partial charge in [0.2, 0.25) is 5.88 Å². The highest BCUT2D eigenvalue weighted by Crippen LogP contribution is 2.33. The van der Waals surface area contributed by atoms with Crippen molar-refractivity contribution >= 4 is 39.1 Å². The Hall–Kier alpha value is -2.68. The van der Waals surface area contributed by atoms with Gasteiger partial charge in [-0.2, -0.15) is 0 Å². The lowest BCUT2D eigenvalue weighted by atomic mass is 9.95. The fraction of sp³-hybridized carbons (Fsp3) is 0.143.